The van der Waals surface area contributed by atoms with Gasteiger partial charge in [0, 0.05) is 25.7 Å². The van der Waals surface area contributed by atoms with Crippen LogP contribution >= 0.6 is 15.6 Å². The average Bonchev–Trinajstić information content (AvgIpc) is 3.21. The second-order valence-corrected chi connectivity index (χ2v) is 30.1. The number of hydrogen-bond donors (Lipinski definition) is 3. The van der Waals surface area contributed by atoms with Crippen LogP contribution in [-0.2, 0) is 65.4 Å². The number of phosphoric ester groups is 2. The normalized spacial score (nSPS) is 14.6. The molecule has 0 aromatic heterocycles. The second kappa shape index (κ2) is 66.0. The molecule has 3 N–H and O–H groups in total. The lowest BCUT2D eigenvalue weighted by molar-refractivity contribution is -0.161. The summed E-state index contributed by atoms with van der Waals surface area (Å²) < 4.78 is 68.3. The van der Waals surface area contributed by atoms with Gasteiger partial charge in [0.15, 0.2) is 12.2 Å². The van der Waals surface area contributed by atoms with Crippen molar-refractivity contribution in [3.05, 3.63) is 0 Å². The summed E-state index contributed by atoms with van der Waals surface area (Å²) in [7, 11) is -9.90. The second-order valence-electron chi connectivity index (χ2n) is 27.2. The Kier molecular flexibility index (Phi) is 64.6. The Morgan fingerprint density at radius 2 is 0.516 bits per heavy atom. The highest BCUT2D eigenvalue weighted by Crippen LogP contribution is 2.45. The van der Waals surface area contributed by atoms with Crippen molar-refractivity contribution in [1.82, 2.24) is 0 Å². The van der Waals surface area contributed by atoms with E-state index in [-0.39, 0.29) is 25.7 Å². The van der Waals surface area contributed by atoms with E-state index in [2.05, 4.69) is 41.5 Å². The fraction of sp³-hybridized carbons (Fsp3) is 0.946. The molecule has 0 aliphatic rings. The van der Waals surface area contributed by atoms with Crippen molar-refractivity contribution in [3.63, 3.8) is 0 Å². The van der Waals surface area contributed by atoms with Crippen LogP contribution in [0.4, 0.5) is 0 Å². The van der Waals surface area contributed by atoms with Crippen LogP contribution in [0.1, 0.15) is 382 Å². The number of rotatable bonds is 73. The summed E-state index contributed by atoms with van der Waals surface area (Å²) >= 11 is 0. The van der Waals surface area contributed by atoms with Gasteiger partial charge in [-0.1, -0.05) is 330 Å². The molecule has 0 aromatic rings. The molecule has 0 saturated carbocycles. The maximum atomic E-state index is 13.1. The Balaban J connectivity index is 5.15. The highest BCUT2D eigenvalue weighted by Gasteiger charge is 2.30. The third kappa shape index (κ3) is 65.8. The van der Waals surface area contributed by atoms with Crippen LogP contribution in [0.5, 0.6) is 0 Å². The minimum Gasteiger partial charge on any atom is -0.462 e. The fourth-order valence-electron chi connectivity index (χ4n) is 11.2. The number of ether oxygens (including phenoxy) is 4. The van der Waals surface area contributed by atoms with Gasteiger partial charge in [0.1, 0.15) is 19.3 Å². The number of aliphatic hydroxyl groups is 1. The molecule has 0 bridgehead atoms. The molecule has 0 aliphatic carbocycles. The van der Waals surface area contributed by atoms with E-state index >= 15 is 0 Å². The molecular formula is C74H144O17P2. The number of carbonyl (C=O) groups excluding carboxylic acids is 4. The summed E-state index contributed by atoms with van der Waals surface area (Å²) in [5, 5.41) is 10.6. The molecule has 0 radical (unpaired) electrons. The van der Waals surface area contributed by atoms with Gasteiger partial charge in [-0.2, -0.15) is 0 Å². The highest BCUT2D eigenvalue weighted by molar-refractivity contribution is 7.47. The Morgan fingerprint density at radius 3 is 0.763 bits per heavy atom. The van der Waals surface area contributed by atoms with Gasteiger partial charge >= 0.3 is 39.5 Å². The highest BCUT2D eigenvalue weighted by atomic mass is 31.2. The Bertz CT molecular complexity index is 1810. The lowest BCUT2D eigenvalue weighted by atomic mass is 9.99. The first kappa shape index (κ1) is 91.1. The summed E-state index contributed by atoms with van der Waals surface area (Å²) in [5.41, 5.74) is 0. The SMILES string of the molecule is CCCCCCCCCCCCCCCCCCCCCCCCC(=O)O[C@H](COC(=O)CCCCCCCCCCCCC(C)CC)COP(=O)(O)OC[C@@H](O)COP(=O)(O)OC[C@@H](COC(=O)CCCCCCCCC)OC(=O)CCCCCCCCC(C)CC. The minimum atomic E-state index is -4.95. The van der Waals surface area contributed by atoms with Crippen LogP contribution in [0.3, 0.4) is 0 Å². The zero-order chi connectivity index (χ0) is 68.6. The first-order chi connectivity index (χ1) is 44.9. The maximum Gasteiger partial charge on any atom is 0.472 e. The summed E-state index contributed by atoms with van der Waals surface area (Å²) in [6.45, 7) is 9.51. The molecular weight excluding hydrogens is 1220 g/mol. The molecule has 0 spiro atoms. The minimum absolute atomic E-state index is 0.103. The molecule has 0 rings (SSSR count). The lowest BCUT2D eigenvalue weighted by Gasteiger charge is -2.21. The summed E-state index contributed by atoms with van der Waals surface area (Å²) in [6.07, 6.45) is 53.1. The first-order valence-corrected chi connectivity index (χ1v) is 41.6. The summed E-state index contributed by atoms with van der Waals surface area (Å²) in [5.74, 6) is -0.598. The molecule has 0 fully saturated rings. The first-order valence-electron chi connectivity index (χ1n) is 38.6. The zero-order valence-corrected chi connectivity index (χ0v) is 62.3. The molecule has 93 heavy (non-hydrogen) atoms. The predicted octanol–water partition coefficient (Wildman–Crippen LogP) is 21.6. The van der Waals surface area contributed by atoms with Gasteiger partial charge < -0.3 is 33.8 Å². The molecule has 4 unspecified atom stereocenters. The molecule has 0 saturated heterocycles. The van der Waals surface area contributed by atoms with E-state index in [0.29, 0.717) is 25.7 Å². The smallest absolute Gasteiger partial charge is 0.462 e. The number of phosphoric acid groups is 2. The molecule has 19 heteroatoms. The lowest BCUT2D eigenvalue weighted by Crippen LogP contribution is -2.30. The number of carbonyl (C=O) groups is 4. The molecule has 0 aromatic carbocycles. The van der Waals surface area contributed by atoms with Gasteiger partial charge in [-0.15, -0.1) is 0 Å². The van der Waals surface area contributed by atoms with Crippen molar-refractivity contribution in [3.8, 4) is 0 Å². The standard InChI is InChI=1S/C74H144O17P2/c1-7-11-13-15-17-18-19-20-21-22-23-24-25-26-27-28-29-30-35-39-46-52-58-73(78)90-69(63-85-72(77)57-51-45-38-34-32-31-33-37-42-48-54-66(5)9-3)64-88-92(80,81)86-60-68(75)61-87-93(82,83)89-65-70(62-84-71(76)56-50-44-36-16-14-12-8-2)91-74(79)59-53-47-41-40-43-49-55-67(6)10-4/h66-70,75H,7-65H2,1-6H3,(H,80,81)(H,82,83)/t66?,67?,68-,69-,70-/m1/s1. The van der Waals surface area contributed by atoms with E-state index in [0.717, 1.165) is 115 Å². The Hall–Kier alpha value is -1.94. The van der Waals surface area contributed by atoms with Gasteiger partial charge in [0.05, 0.1) is 26.4 Å². The number of esters is 4. The average molecular weight is 1370 g/mol. The van der Waals surface area contributed by atoms with E-state index in [4.69, 9.17) is 37.0 Å². The monoisotopic (exact) mass is 1370 g/mol. The molecule has 0 amide bonds. The molecule has 0 heterocycles. The molecule has 0 aliphatic heterocycles. The third-order valence-corrected chi connectivity index (χ3v) is 19.8. The van der Waals surface area contributed by atoms with Crippen LogP contribution in [-0.4, -0.2) is 96.7 Å². The van der Waals surface area contributed by atoms with Crippen molar-refractivity contribution in [2.75, 3.05) is 39.6 Å². The predicted molar refractivity (Wildman–Crippen MR) is 377 cm³/mol. The Morgan fingerprint density at radius 1 is 0.301 bits per heavy atom. The van der Waals surface area contributed by atoms with Crippen molar-refractivity contribution >= 4 is 39.5 Å². The molecule has 7 atom stereocenters. The van der Waals surface area contributed by atoms with Crippen LogP contribution in [0.25, 0.3) is 0 Å². The van der Waals surface area contributed by atoms with Crippen molar-refractivity contribution in [2.24, 2.45) is 11.8 Å². The number of aliphatic hydroxyl groups excluding tert-OH is 1. The van der Waals surface area contributed by atoms with Crippen molar-refractivity contribution < 1.29 is 80.2 Å². The van der Waals surface area contributed by atoms with Crippen LogP contribution < -0.4 is 0 Å². The summed E-state index contributed by atoms with van der Waals surface area (Å²) in [6, 6.07) is 0. The van der Waals surface area contributed by atoms with Gasteiger partial charge in [0.25, 0.3) is 0 Å². The van der Waals surface area contributed by atoms with Gasteiger partial charge in [0.2, 0.25) is 0 Å². The summed E-state index contributed by atoms with van der Waals surface area (Å²) in [4.78, 5) is 72.5. The van der Waals surface area contributed by atoms with Crippen LogP contribution in [0, 0.1) is 11.8 Å². The van der Waals surface area contributed by atoms with E-state index in [1.807, 2.05) is 0 Å². The zero-order valence-electron chi connectivity index (χ0n) is 60.6. The van der Waals surface area contributed by atoms with Crippen LogP contribution in [0.2, 0.25) is 0 Å². The molecule has 17 nitrogen and oxygen atoms in total. The van der Waals surface area contributed by atoms with E-state index in [1.165, 1.54) is 186 Å². The largest absolute Gasteiger partial charge is 0.472 e. The van der Waals surface area contributed by atoms with Crippen molar-refractivity contribution in [2.45, 2.75) is 400 Å². The number of unbranched alkanes of at least 4 members (excludes halogenated alkanes) is 41. The van der Waals surface area contributed by atoms with Gasteiger partial charge in [-0.25, -0.2) is 9.13 Å². The van der Waals surface area contributed by atoms with Crippen LogP contribution in [0.15, 0.2) is 0 Å². The van der Waals surface area contributed by atoms with Crippen molar-refractivity contribution in [1.29, 1.82) is 0 Å². The topological polar surface area (TPSA) is 237 Å². The number of hydrogen-bond acceptors (Lipinski definition) is 15. The van der Waals surface area contributed by atoms with E-state index in [1.54, 1.807) is 0 Å². The van der Waals surface area contributed by atoms with Gasteiger partial charge in [-0.05, 0) is 37.5 Å². The molecule has 552 valence electrons. The quantitative estimate of drug-likeness (QED) is 0.0222. The van der Waals surface area contributed by atoms with Gasteiger partial charge in [-0.3, -0.25) is 37.3 Å². The third-order valence-electron chi connectivity index (χ3n) is 17.9. The maximum absolute atomic E-state index is 13.1. The van der Waals surface area contributed by atoms with E-state index in [9.17, 15) is 43.2 Å². The Labute approximate surface area is 568 Å². The fourth-order valence-corrected chi connectivity index (χ4v) is 12.8. The van der Waals surface area contributed by atoms with E-state index < -0.39 is 97.5 Å².